The average Bonchev–Trinajstić information content (AvgIpc) is 2.46. The third-order valence-electron chi connectivity index (χ3n) is 2.17. The Balaban J connectivity index is 2.34. The molecule has 0 aromatic carbocycles. The second kappa shape index (κ2) is 6.25. The Morgan fingerprint density at radius 2 is 2.00 bits per heavy atom. The summed E-state index contributed by atoms with van der Waals surface area (Å²) in [5, 5.41) is 4.39. The van der Waals surface area contributed by atoms with Gasteiger partial charge in [-0.25, -0.2) is 0 Å². The third-order valence-corrected chi connectivity index (χ3v) is 3.32. The maximum atomic E-state index is 5.38. The summed E-state index contributed by atoms with van der Waals surface area (Å²) in [6.45, 7) is 6.75. The Bertz CT molecular complexity index is 313. The van der Waals surface area contributed by atoms with E-state index in [0.717, 1.165) is 22.4 Å². The van der Waals surface area contributed by atoms with Crippen LogP contribution in [0.15, 0.2) is 4.47 Å². The van der Waals surface area contributed by atoms with Gasteiger partial charge in [-0.3, -0.25) is 4.68 Å². The summed E-state index contributed by atoms with van der Waals surface area (Å²) in [6, 6.07) is 0. The van der Waals surface area contributed by atoms with Crippen molar-refractivity contribution in [2.45, 2.75) is 20.4 Å². The third kappa shape index (κ3) is 3.59. The number of hydrogen-bond donors (Lipinski definition) is 0. The fourth-order valence-corrected chi connectivity index (χ4v) is 1.57. The van der Waals surface area contributed by atoms with Crippen LogP contribution in [0.2, 0.25) is 0 Å². The molecule has 0 N–H and O–H groups in total. The normalized spacial score (nSPS) is 10.9. The highest BCUT2D eigenvalue weighted by Gasteiger charge is 2.07. The van der Waals surface area contributed by atoms with Gasteiger partial charge in [0.2, 0.25) is 0 Å². The molecule has 0 unspecified atom stereocenters. The minimum absolute atomic E-state index is 0.636. The molecule has 5 heteroatoms. The number of nitrogens with zero attached hydrogens (tertiary/aromatic N) is 2. The number of aromatic nitrogens is 2. The summed E-state index contributed by atoms with van der Waals surface area (Å²) >= 11 is 3.49. The van der Waals surface area contributed by atoms with Crippen molar-refractivity contribution in [3.63, 3.8) is 0 Å². The van der Waals surface area contributed by atoms with Gasteiger partial charge >= 0.3 is 0 Å². The van der Waals surface area contributed by atoms with E-state index in [-0.39, 0.29) is 0 Å². The fraction of sp³-hybridized carbons (Fsp3) is 0.700. The van der Waals surface area contributed by atoms with Crippen LogP contribution >= 0.6 is 15.9 Å². The van der Waals surface area contributed by atoms with Crippen LogP contribution < -0.4 is 0 Å². The standard InChI is InChI=1S/C10H17BrN2O2/c1-8-10(11)9(2)13(12-8)4-5-15-7-6-14-3/h4-7H2,1-3H3. The number of halogens is 1. The van der Waals surface area contributed by atoms with Crippen molar-refractivity contribution in [1.82, 2.24) is 9.78 Å². The molecule has 1 aromatic rings. The largest absolute Gasteiger partial charge is 0.382 e. The van der Waals surface area contributed by atoms with E-state index in [4.69, 9.17) is 9.47 Å². The summed E-state index contributed by atoms with van der Waals surface area (Å²) < 4.78 is 13.3. The van der Waals surface area contributed by atoms with Crippen LogP contribution in [0.4, 0.5) is 0 Å². The summed E-state index contributed by atoms with van der Waals surface area (Å²) in [6.07, 6.45) is 0. The van der Waals surface area contributed by atoms with Crippen LogP contribution in [0.25, 0.3) is 0 Å². The molecule has 1 heterocycles. The van der Waals surface area contributed by atoms with Gasteiger partial charge in [-0.2, -0.15) is 5.10 Å². The first kappa shape index (κ1) is 12.7. The topological polar surface area (TPSA) is 36.3 Å². The van der Waals surface area contributed by atoms with E-state index < -0.39 is 0 Å². The lowest BCUT2D eigenvalue weighted by Gasteiger charge is -2.05. The van der Waals surface area contributed by atoms with Crippen LogP contribution in [-0.4, -0.2) is 36.7 Å². The smallest absolute Gasteiger partial charge is 0.0738 e. The molecule has 0 amide bonds. The molecular weight excluding hydrogens is 260 g/mol. The zero-order valence-corrected chi connectivity index (χ0v) is 11.0. The predicted molar refractivity (Wildman–Crippen MR) is 62.1 cm³/mol. The highest BCUT2D eigenvalue weighted by Crippen LogP contribution is 2.19. The van der Waals surface area contributed by atoms with Gasteiger partial charge in [0.1, 0.15) is 0 Å². The van der Waals surface area contributed by atoms with E-state index in [0.29, 0.717) is 19.8 Å². The first-order valence-corrected chi connectivity index (χ1v) is 5.72. The molecule has 86 valence electrons. The average molecular weight is 277 g/mol. The maximum absolute atomic E-state index is 5.38. The molecule has 0 saturated heterocycles. The quantitative estimate of drug-likeness (QED) is 0.745. The second-order valence-electron chi connectivity index (χ2n) is 3.31. The van der Waals surface area contributed by atoms with Gasteiger partial charge in [-0.15, -0.1) is 0 Å². The molecule has 0 aliphatic rings. The zero-order chi connectivity index (χ0) is 11.3. The Morgan fingerprint density at radius 1 is 1.27 bits per heavy atom. The van der Waals surface area contributed by atoms with Crippen molar-refractivity contribution in [2.75, 3.05) is 26.9 Å². The molecule has 0 radical (unpaired) electrons. The molecular formula is C10H17BrN2O2. The molecule has 15 heavy (non-hydrogen) atoms. The number of hydrogen-bond acceptors (Lipinski definition) is 3. The van der Waals surface area contributed by atoms with E-state index in [1.165, 1.54) is 0 Å². The molecule has 0 atom stereocenters. The van der Waals surface area contributed by atoms with Crippen molar-refractivity contribution >= 4 is 15.9 Å². The van der Waals surface area contributed by atoms with Crippen LogP contribution in [0.1, 0.15) is 11.4 Å². The number of ether oxygens (including phenoxy) is 2. The van der Waals surface area contributed by atoms with Crippen molar-refractivity contribution in [3.8, 4) is 0 Å². The van der Waals surface area contributed by atoms with Gasteiger partial charge in [0.15, 0.2) is 0 Å². The molecule has 0 spiro atoms. The number of methoxy groups -OCH3 is 1. The lowest BCUT2D eigenvalue weighted by atomic mass is 10.4. The monoisotopic (exact) mass is 276 g/mol. The van der Waals surface area contributed by atoms with Crippen LogP contribution in [0.5, 0.6) is 0 Å². The fourth-order valence-electron chi connectivity index (χ4n) is 1.29. The van der Waals surface area contributed by atoms with Gasteiger partial charge in [-0.1, -0.05) is 0 Å². The van der Waals surface area contributed by atoms with Crippen LogP contribution in [0.3, 0.4) is 0 Å². The van der Waals surface area contributed by atoms with E-state index in [1.54, 1.807) is 7.11 Å². The summed E-state index contributed by atoms with van der Waals surface area (Å²) in [5.74, 6) is 0. The Labute approximate surface area is 98.7 Å². The van der Waals surface area contributed by atoms with E-state index in [2.05, 4.69) is 21.0 Å². The van der Waals surface area contributed by atoms with Gasteiger partial charge in [0.25, 0.3) is 0 Å². The number of rotatable bonds is 6. The Morgan fingerprint density at radius 3 is 2.53 bits per heavy atom. The predicted octanol–water partition coefficient (Wildman–Crippen LogP) is 1.93. The summed E-state index contributed by atoms with van der Waals surface area (Å²) in [7, 11) is 1.67. The highest BCUT2D eigenvalue weighted by atomic mass is 79.9. The van der Waals surface area contributed by atoms with Gasteiger partial charge in [0.05, 0.1) is 36.5 Å². The minimum Gasteiger partial charge on any atom is -0.382 e. The lowest BCUT2D eigenvalue weighted by Crippen LogP contribution is -2.11. The lowest BCUT2D eigenvalue weighted by molar-refractivity contribution is 0.0651. The van der Waals surface area contributed by atoms with Crippen molar-refractivity contribution in [3.05, 3.63) is 15.9 Å². The SMILES string of the molecule is COCCOCCn1nc(C)c(Br)c1C. The van der Waals surface area contributed by atoms with Crippen LogP contribution in [0, 0.1) is 13.8 Å². The second-order valence-corrected chi connectivity index (χ2v) is 4.11. The van der Waals surface area contributed by atoms with Crippen LogP contribution in [-0.2, 0) is 16.0 Å². The van der Waals surface area contributed by atoms with Gasteiger partial charge in [0, 0.05) is 12.8 Å². The first-order chi connectivity index (χ1) is 7.16. The molecule has 0 aliphatic heterocycles. The Kier molecular flexibility index (Phi) is 5.28. The van der Waals surface area contributed by atoms with Gasteiger partial charge < -0.3 is 9.47 Å². The van der Waals surface area contributed by atoms with Gasteiger partial charge in [-0.05, 0) is 29.8 Å². The van der Waals surface area contributed by atoms with E-state index in [1.807, 2.05) is 18.5 Å². The first-order valence-electron chi connectivity index (χ1n) is 4.93. The molecule has 0 saturated carbocycles. The van der Waals surface area contributed by atoms with E-state index in [9.17, 15) is 0 Å². The molecule has 1 aromatic heterocycles. The summed E-state index contributed by atoms with van der Waals surface area (Å²) in [4.78, 5) is 0. The molecule has 1 rings (SSSR count). The maximum Gasteiger partial charge on any atom is 0.0738 e. The highest BCUT2D eigenvalue weighted by molar-refractivity contribution is 9.10. The summed E-state index contributed by atoms with van der Waals surface area (Å²) in [5.41, 5.74) is 2.16. The van der Waals surface area contributed by atoms with Crippen molar-refractivity contribution in [1.29, 1.82) is 0 Å². The van der Waals surface area contributed by atoms with E-state index >= 15 is 0 Å². The molecule has 0 aliphatic carbocycles. The Hall–Kier alpha value is -0.390. The minimum atomic E-state index is 0.636. The molecule has 4 nitrogen and oxygen atoms in total. The molecule has 0 bridgehead atoms. The molecule has 0 fully saturated rings. The number of aryl methyl sites for hydroxylation is 1. The van der Waals surface area contributed by atoms with Crippen molar-refractivity contribution in [2.24, 2.45) is 0 Å². The van der Waals surface area contributed by atoms with Crippen molar-refractivity contribution < 1.29 is 9.47 Å². The zero-order valence-electron chi connectivity index (χ0n) is 9.42.